The molecule has 2 unspecified atom stereocenters. The van der Waals surface area contributed by atoms with Crippen molar-refractivity contribution >= 4 is 46.3 Å². The highest BCUT2D eigenvalue weighted by Gasteiger charge is 2.80. The topological polar surface area (TPSA) is 174 Å². The maximum Gasteiger partial charge on any atom is 0.344 e. The lowest BCUT2D eigenvalue weighted by atomic mass is 9.47. The molecule has 2 aromatic carbocycles. The Morgan fingerprint density at radius 1 is 0.954 bits per heavy atom. The van der Waals surface area contributed by atoms with Gasteiger partial charge in [0.15, 0.2) is 6.10 Å². The first-order chi connectivity index (χ1) is 31.2. The number of aromatic amines is 1. The zero-order valence-corrected chi connectivity index (χ0v) is 39.7. The van der Waals surface area contributed by atoms with E-state index in [2.05, 4.69) is 51.2 Å². The quantitative estimate of drug-likeness (QED) is 0.0638. The number of nitrogens with one attached hydrogen (secondary N) is 1. The number of methoxy groups -OCH3 is 3. The highest BCUT2D eigenvalue weighted by Crippen LogP contribution is 2.68. The van der Waals surface area contributed by atoms with Gasteiger partial charge in [0, 0.05) is 102 Å². The first-order valence-corrected chi connectivity index (χ1v) is 24.4. The zero-order valence-electron chi connectivity index (χ0n) is 38.9. The molecule has 65 heavy (non-hydrogen) atoms. The number of nitrogens with zero attached hydrogens (tertiary/aromatic N) is 3. The highest BCUT2D eigenvalue weighted by atomic mass is 32.2. The van der Waals surface area contributed by atoms with Gasteiger partial charge in [-0.3, -0.25) is 19.4 Å². The number of aliphatic hydroxyl groups excluding tert-OH is 1. The summed E-state index contributed by atoms with van der Waals surface area (Å²) in [4.78, 5) is 54.7. The number of aliphatic hydroxyl groups is 3. The summed E-state index contributed by atoms with van der Waals surface area (Å²) in [6, 6.07) is 9.18. The largest absolute Gasteiger partial charge is 0.496 e. The molecule has 14 nitrogen and oxygen atoms in total. The van der Waals surface area contributed by atoms with Gasteiger partial charge in [0.2, 0.25) is 5.60 Å². The molecular formula is C50H66N4O10S. The van der Waals surface area contributed by atoms with Crippen molar-refractivity contribution in [3.8, 4) is 5.75 Å². The van der Waals surface area contributed by atoms with Crippen LogP contribution < -0.4 is 9.64 Å². The molecule has 1 saturated carbocycles. The summed E-state index contributed by atoms with van der Waals surface area (Å²) in [5, 5.41) is 36.0. The van der Waals surface area contributed by atoms with Crippen LogP contribution in [0.4, 0.5) is 5.69 Å². The molecule has 5 aliphatic heterocycles. The molecule has 3 aromatic rings. The lowest BCUT2D eigenvalue weighted by molar-refractivity contribution is -0.228. The third kappa shape index (κ3) is 6.63. The molecule has 6 aliphatic rings. The second-order valence-electron chi connectivity index (χ2n) is 19.6. The number of fused-ring (bicyclic) bond motifs is 6. The summed E-state index contributed by atoms with van der Waals surface area (Å²) in [5.41, 5.74) is -1.86. The van der Waals surface area contributed by atoms with Crippen LogP contribution in [0.5, 0.6) is 5.75 Å². The molecule has 2 saturated heterocycles. The molecule has 1 spiro atoms. The fourth-order valence-corrected chi connectivity index (χ4v) is 15.0. The van der Waals surface area contributed by atoms with Gasteiger partial charge in [0.25, 0.3) is 0 Å². The molecule has 15 heteroatoms. The number of rotatable bonds is 12. The van der Waals surface area contributed by atoms with Gasteiger partial charge in [-0.05, 0) is 105 Å². The molecular weight excluding hydrogens is 849 g/mol. The number of likely N-dealkylation sites (N-methyl/N-ethyl adjacent to an activating group) is 1. The van der Waals surface area contributed by atoms with Crippen LogP contribution in [-0.4, -0.2) is 151 Å². The van der Waals surface area contributed by atoms with E-state index in [1.54, 1.807) is 18.9 Å². The van der Waals surface area contributed by atoms with Crippen LogP contribution in [-0.2, 0) is 45.8 Å². The maximum absolute atomic E-state index is 15.6. The summed E-state index contributed by atoms with van der Waals surface area (Å²) in [6.45, 7) is 8.68. The lowest BCUT2D eigenvalue weighted by Crippen LogP contribution is -2.81. The van der Waals surface area contributed by atoms with Crippen molar-refractivity contribution in [2.75, 3.05) is 78.4 Å². The van der Waals surface area contributed by atoms with E-state index < -0.39 is 57.5 Å². The number of carbonyl (C=O) groups is 3. The van der Waals surface area contributed by atoms with Crippen molar-refractivity contribution in [3.63, 3.8) is 0 Å². The molecule has 9 rings (SSSR count). The van der Waals surface area contributed by atoms with E-state index >= 15 is 4.79 Å². The first kappa shape index (κ1) is 46.0. The van der Waals surface area contributed by atoms with Crippen molar-refractivity contribution in [1.82, 2.24) is 14.8 Å². The molecule has 4 N–H and O–H groups in total. The Morgan fingerprint density at radius 2 is 1.74 bits per heavy atom. The van der Waals surface area contributed by atoms with Gasteiger partial charge in [0.1, 0.15) is 11.2 Å². The van der Waals surface area contributed by atoms with Crippen molar-refractivity contribution in [2.45, 2.75) is 117 Å². The maximum atomic E-state index is 15.6. The molecule has 352 valence electrons. The SMILES string of the molecule is CC[C@]1(O)C[C@H]2CN(CCc3c([nH]c4ccc(SCCCCO)cc34)[C@@](C(=O)OC)(c3cc4c(cc3OC)N(C)C3[C@]45CCN4CC=C[C@@](CC)([C@@H](OC(C)=O)[C@]3(O)C(=O)OC)[C@H]45)C2)C1. The minimum absolute atomic E-state index is 0.129. The van der Waals surface area contributed by atoms with Crippen LogP contribution in [0.3, 0.4) is 0 Å². The van der Waals surface area contributed by atoms with Gasteiger partial charge >= 0.3 is 17.9 Å². The molecule has 1 aromatic heterocycles. The summed E-state index contributed by atoms with van der Waals surface area (Å²) in [5.74, 6) is -0.776. The summed E-state index contributed by atoms with van der Waals surface area (Å²) < 4.78 is 24.1. The number of benzene rings is 2. The Labute approximate surface area is 386 Å². The van der Waals surface area contributed by atoms with E-state index in [9.17, 15) is 24.9 Å². The van der Waals surface area contributed by atoms with Gasteiger partial charge in [-0.2, -0.15) is 0 Å². The number of unbranched alkanes of at least 4 members (excludes halogenated alkanes) is 1. The Bertz CT molecular complexity index is 2410. The predicted octanol–water partition coefficient (Wildman–Crippen LogP) is 4.86. The zero-order chi connectivity index (χ0) is 46.3. The van der Waals surface area contributed by atoms with E-state index in [1.165, 1.54) is 21.1 Å². The number of aromatic nitrogens is 1. The van der Waals surface area contributed by atoms with Gasteiger partial charge in [-0.25, -0.2) is 4.79 Å². The minimum Gasteiger partial charge on any atom is -0.496 e. The van der Waals surface area contributed by atoms with E-state index in [1.807, 2.05) is 31.9 Å². The second-order valence-corrected chi connectivity index (χ2v) is 20.8. The minimum atomic E-state index is -2.32. The molecule has 6 heterocycles. The molecule has 0 amide bonds. The Kier molecular flexibility index (Phi) is 12.0. The van der Waals surface area contributed by atoms with E-state index in [-0.39, 0.29) is 18.6 Å². The number of hydrogen-bond acceptors (Lipinski definition) is 14. The number of anilines is 1. The average molecular weight is 915 g/mol. The fourth-order valence-electron chi connectivity index (χ4n) is 14.0. The van der Waals surface area contributed by atoms with Crippen molar-refractivity contribution in [1.29, 1.82) is 0 Å². The Hall–Kier alpha value is -4.12. The molecule has 3 fully saturated rings. The number of piperidine rings is 1. The molecule has 1 aliphatic carbocycles. The third-order valence-electron chi connectivity index (χ3n) is 16.5. The second kappa shape index (κ2) is 16.9. The lowest BCUT2D eigenvalue weighted by Gasteiger charge is -2.63. The van der Waals surface area contributed by atoms with Crippen LogP contribution in [0.1, 0.15) is 88.1 Å². The monoisotopic (exact) mass is 914 g/mol. The van der Waals surface area contributed by atoms with E-state index in [4.69, 9.17) is 18.9 Å². The van der Waals surface area contributed by atoms with Crippen LogP contribution in [0.2, 0.25) is 0 Å². The van der Waals surface area contributed by atoms with Crippen molar-refractivity contribution in [3.05, 3.63) is 64.9 Å². The van der Waals surface area contributed by atoms with Crippen molar-refractivity contribution in [2.24, 2.45) is 11.3 Å². The Morgan fingerprint density at radius 3 is 2.43 bits per heavy atom. The summed E-state index contributed by atoms with van der Waals surface area (Å²) in [6.07, 6.45) is 7.43. The van der Waals surface area contributed by atoms with Gasteiger partial charge in [0.05, 0.1) is 33.0 Å². The smallest absolute Gasteiger partial charge is 0.344 e. The van der Waals surface area contributed by atoms with Gasteiger partial charge in [-0.1, -0.05) is 26.0 Å². The summed E-state index contributed by atoms with van der Waals surface area (Å²) in [7, 11) is 6.15. The van der Waals surface area contributed by atoms with E-state index in [0.29, 0.717) is 82.6 Å². The molecule has 2 bridgehead atoms. The number of carbonyl (C=O) groups excluding carboxylic acids is 3. The number of esters is 3. The summed E-state index contributed by atoms with van der Waals surface area (Å²) >= 11 is 1.75. The van der Waals surface area contributed by atoms with Gasteiger partial charge < -0.3 is 44.2 Å². The third-order valence-corrected chi connectivity index (χ3v) is 17.6. The van der Waals surface area contributed by atoms with E-state index in [0.717, 1.165) is 56.9 Å². The Balaban J connectivity index is 1.33. The number of hydrogen-bond donors (Lipinski definition) is 4. The van der Waals surface area contributed by atoms with Crippen LogP contribution >= 0.6 is 11.8 Å². The van der Waals surface area contributed by atoms with Gasteiger partial charge in [-0.15, -0.1) is 11.8 Å². The fraction of sp³-hybridized carbons (Fsp3) is 0.620. The number of ether oxygens (including phenoxy) is 4. The first-order valence-electron chi connectivity index (χ1n) is 23.4. The molecule has 10 atom stereocenters. The predicted molar refractivity (Wildman–Crippen MR) is 247 cm³/mol. The standard InChI is InChI=1S/C50H66N4O10S/c1-8-46(59)26-31-27-49(44(57)62-6,40-33(15-19-53(28-31)29-46)34-23-32(13-14-37(34)51-40)65-22-11-10-21-55)36-24-35-38(25-39(36)61-5)52(4)42-48(35)17-20-54-18-12-16-47(9-2,41(48)54)43(64-30(3)56)50(42,60)45(58)63-7/h12-14,16,23-25,31,41-43,51,55,59-60H,8-11,15,17-22,26-29H2,1-7H3/t31-,41+,42?,43-,46+,47-,48-,49+,50+/m1/s1. The van der Waals surface area contributed by atoms with Crippen LogP contribution in [0.25, 0.3) is 10.9 Å². The number of thioether (sulfide) groups is 1. The highest BCUT2D eigenvalue weighted by molar-refractivity contribution is 7.99. The van der Waals surface area contributed by atoms with Crippen LogP contribution in [0.15, 0.2) is 47.4 Å². The van der Waals surface area contributed by atoms with Crippen LogP contribution in [0, 0.1) is 11.3 Å². The average Bonchev–Trinajstić information content (AvgIpc) is 3.96. The normalized spacial score (nSPS) is 34.7. The van der Waals surface area contributed by atoms with Crippen molar-refractivity contribution < 1.29 is 48.7 Å². The molecule has 0 radical (unpaired) electrons. The number of H-pyrrole nitrogens is 1.